The third-order valence-corrected chi connectivity index (χ3v) is 8.31. The molecule has 0 saturated heterocycles. The van der Waals surface area contributed by atoms with Gasteiger partial charge >= 0.3 is 0 Å². The van der Waals surface area contributed by atoms with E-state index in [2.05, 4.69) is 33.7 Å². The van der Waals surface area contributed by atoms with Gasteiger partial charge in [0.1, 0.15) is 10.7 Å². The standard InChI is InChI=1S/C26H23N5OS2/c1-15-11-12-19(16(2)13-15)27-21(32)14-33-26-30-29-24-22-18-9-6-10-20(18)34-25(22)28-23(31(24)26)17-7-4-3-5-8-17/h3-5,7-8,11-13H,6,9-10,14H2,1-2H3,(H,27,32). The average Bonchev–Trinajstić information content (AvgIpc) is 3.54. The summed E-state index contributed by atoms with van der Waals surface area (Å²) in [5.41, 5.74) is 6.27. The van der Waals surface area contributed by atoms with Crippen molar-refractivity contribution >= 4 is 50.6 Å². The van der Waals surface area contributed by atoms with E-state index in [0.717, 1.165) is 51.3 Å². The molecule has 0 saturated carbocycles. The van der Waals surface area contributed by atoms with E-state index in [-0.39, 0.29) is 11.7 Å². The lowest BCUT2D eigenvalue weighted by atomic mass is 10.1. The highest BCUT2D eigenvalue weighted by molar-refractivity contribution is 7.99. The van der Waals surface area contributed by atoms with Gasteiger partial charge in [-0.05, 0) is 50.3 Å². The van der Waals surface area contributed by atoms with E-state index < -0.39 is 0 Å². The van der Waals surface area contributed by atoms with Crippen molar-refractivity contribution in [2.24, 2.45) is 0 Å². The molecule has 5 aromatic rings. The SMILES string of the molecule is Cc1ccc(NC(=O)CSc2nnc3c4c5c(sc4nc(-c4ccccc4)n23)CCC5)c(C)c1. The van der Waals surface area contributed by atoms with Crippen LogP contribution in [-0.2, 0) is 17.6 Å². The summed E-state index contributed by atoms with van der Waals surface area (Å²) in [7, 11) is 0. The van der Waals surface area contributed by atoms with Gasteiger partial charge in [0.25, 0.3) is 0 Å². The predicted octanol–water partition coefficient (Wildman–Crippen LogP) is 5.84. The van der Waals surface area contributed by atoms with Crippen molar-refractivity contribution in [3.05, 3.63) is 70.1 Å². The van der Waals surface area contributed by atoms with Gasteiger partial charge in [0.2, 0.25) is 5.91 Å². The molecule has 34 heavy (non-hydrogen) atoms. The predicted molar refractivity (Wildman–Crippen MR) is 139 cm³/mol. The molecule has 3 aromatic heterocycles. The number of nitrogens with zero attached hydrogens (tertiary/aromatic N) is 4. The number of hydrogen-bond donors (Lipinski definition) is 1. The van der Waals surface area contributed by atoms with Crippen molar-refractivity contribution in [3.8, 4) is 11.4 Å². The molecule has 0 spiro atoms. The summed E-state index contributed by atoms with van der Waals surface area (Å²) < 4.78 is 2.03. The molecule has 3 heterocycles. The van der Waals surface area contributed by atoms with E-state index in [1.54, 1.807) is 11.3 Å². The van der Waals surface area contributed by atoms with Gasteiger partial charge in [-0.3, -0.25) is 9.20 Å². The summed E-state index contributed by atoms with van der Waals surface area (Å²) in [5, 5.41) is 13.9. The Morgan fingerprint density at radius 3 is 2.79 bits per heavy atom. The number of nitrogens with one attached hydrogen (secondary N) is 1. The molecule has 0 atom stereocenters. The molecule has 0 bridgehead atoms. The average molecular weight is 486 g/mol. The summed E-state index contributed by atoms with van der Waals surface area (Å²) in [6, 6.07) is 16.1. The number of carbonyl (C=O) groups excluding carboxylic acids is 1. The summed E-state index contributed by atoms with van der Waals surface area (Å²) >= 11 is 3.16. The highest BCUT2D eigenvalue weighted by Crippen LogP contribution is 2.40. The Bertz CT molecular complexity index is 1550. The molecule has 8 heteroatoms. The van der Waals surface area contributed by atoms with Crippen LogP contribution in [0.25, 0.3) is 27.3 Å². The van der Waals surface area contributed by atoms with E-state index >= 15 is 0 Å². The maximum absolute atomic E-state index is 12.8. The number of aryl methyl sites for hydroxylation is 4. The van der Waals surface area contributed by atoms with Gasteiger partial charge in [0.05, 0.1) is 11.1 Å². The molecule has 1 amide bonds. The molecule has 1 N–H and O–H groups in total. The molecule has 0 radical (unpaired) electrons. The van der Waals surface area contributed by atoms with Crippen LogP contribution in [0, 0.1) is 13.8 Å². The van der Waals surface area contributed by atoms with Crippen molar-refractivity contribution < 1.29 is 4.79 Å². The molecular weight excluding hydrogens is 462 g/mol. The summed E-state index contributed by atoms with van der Waals surface area (Å²) in [6.07, 6.45) is 3.35. The van der Waals surface area contributed by atoms with E-state index in [9.17, 15) is 4.79 Å². The second-order valence-corrected chi connectivity index (χ2v) is 10.7. The molecule has 2 aromatic carbocycles. The van der Waals surface area contributed by atoms with Crippen LogP contribution in [0.3, 0.4) is 0 Å². The number of thiophene rings is 1. The lowest BCUT2D eigenvalue weighted by molar-refractivity contribution is -0.113. The molecule has 0 aliphatic heterocycles. The van der Waals surface area contributed by atoms with Crippen LogP contribution >= 0.6 is 23.1 Å². The van der Waals surface area contributed by atoms with Crippen LogP contribution in [0.1, 0.15) is 28.0 Å². The summed E-state index contributed by atoms with van der Waals surface area (Å²) in [5.74, 6) is 0.980. The van der Waals surface area contributed by atoms with Crippen LogP contribution < -0.4 is 5.32 Å². The fourth-order valence-corrected chi connectivity index (χ4v) is 6.60. The van der Waals surface area contributed by atoms with Crippen LogP contribution in [-0.4, -0.2) is 31.2 Å². The van der Waals surface area contributed by atoms with E-state index in [1.807, 2.05) is 48.6 Å². The first-order valence-corrected chi connectivity index (χ1v) is 13.1. The molecule has 6 rings (SSSR count). The van der Waals surface area contributed by atoms with Gasteiger partial charge in [-0.25, -0.2) is 4.98 Å². The fraction of sp³-hybridized carbons (Fsp3) is 0.231. The number of aromatic nitrogens is 4. The number of rotatable bonds is 5. The first-order valence-electron chi connectivity index (χ1n) is 11.3. The Kier molecular flexibility index (Phi) is 5.34. The van der Waals surface area contributed by atoms with Crippen LogP contribution in [0.2, 0.25) is 0 Å². The minimum atomic E-state index is -0.0690. The van der Waals surface area contributed by atoms with Gasteiger partial charge in [-0.1, -0.05) is 59.8 Å². The lowest BCUT2D eigenvalue weighted by Gasteiger charge is -2.10. The van der Waals surface area contributed by atoms with Gasteiger partial charge in [0, 0.05) is 16.1 Å². The summed E-state index contributed by atoms with van der Waals surface area (Å²) in [6.45, 7) is 4.05. The number of amides is 1. The van der Waals surface area contributed by atoms with Gasteiger partial charge in [0.15, 0.2) is 10.8 Å². The smallest absolute Gasteiger partial charge is 0.234 e. The Morgan fingerprint density at radius 1 is 1.12 bits per heavy atom. The van der Waals surface area contributed by atoms with Crippen LogP contribution in [0.15, 0.2) is 53.7 Å². The number of carbonyl (C=O) groups is 1. The van der Waals surface area contributed by atoms with Crippen molar-refractivity contribution in [1.82, 2.24) is 19.6 Å². The molecule has 0 fully saturated rings. The third-order valence-electron chi connectivity index (χ3n) is 6.20. The zero-order valence-corrected chi connectivity index (χ0v) is 20.6. The van der Waals surface area contributed by atoms with Crippen molar-refractivity contribution in [2.75, 3.05) is 11.1 Å². The maximum atomic E-state index is 12.8. The second kappa shape index (κ2) is 8.52. The van der Waals surface area contributed by atoms with E-state index in [0.29, 0.717) is 5.16 Å². The zero-order chi connectivity index (χ0) is 23.2. The van der Waals surface area contributed by atoms with Gasteiger partial charge in [-0.15, -0.1) is 21.5 Å². The van der Waals surface area contributed by atoms with E-state index in [1.165, 1.54) is 34.2 Å². The van der Waals surface area contributed by atoms with Crippen molar-refractivity contribution in [1.29, 1.82) is 0 Å². The first kappa shape index (κ1) is 21.3. The van der Waals surface area contributed by atoms with Gasteiger partial charge < -0.3 is 5.32 Å². The Hall–Kier alpha value is -3.23. The first-order chi connectivity index (χ1) is 16.6. The van der Waals surface area contributed by atoms with Crippen LogP contribution in [0.4, 0.5) is 5.69 Å². The quantitative estimate of drug-likeness (QED) is 0.317. The number of fused-ring (bicyclic) bond motifs is 5. The Labute approximate surface area is 205 Å². The molecular formula is C26H23N5OS2. The highest BCUT2D eigenvalue weighted by Gasteiger charge is 2.25. The minimum Gasteiger partial charge on any atom is -0.325 e. The number of thioether (sulfide) groups is 1. The molecule has 1 aliphatic rings. The zero-order valence-electron chi connectivity index (χ0n) is 19.0. The monoisotopic (exact) mass is 485 g/mol. The van der Waals surface area contributed by atoms with Gasteiger partial charge in [-0.2, -0.15) is 0 Å². The molecule has 170 valence electrons. The van der Waals surface area contributed by atoms with E-state index in [4.69, 9.17) is 4.98 Å². The number of benzene rings is 2. The normalized spacial score (nSPS) is 13.0. The topological polar surface area (TPSA) is 72.2 Å². The highest BCUT2D eigenvalue weighted by atomic mass is 32.2. The number of hydrogen-bond acceptors (Lipinski definition) is 6. The largest absolute Gasteiger partial charge is 0.325 e. The molecule has 1 aliphatic carbocycles. The summed E-state index contributed by atoms with van der Waals surface area (Å²) in [4.78, 5) is 20.3. The lowest BCUT2D eigenvalue weighted by Crippen LogP contribution is -2.15. The maximum Gasteiger partial charge on any atom is 0.234 e. The third kappa shape index (κ3) is 3.67. The minimum absolute atomic E-state index is 0.0690. The van der Waals surface area contributed by atoms with Crippen molar-refractivity contribution in [2.45, 2.75) is 38.3 Å². The Morgan fingerprint density at radius 2 is 1.97 bits per heavy atom. The van der Waals surface area contributed by atoms with Crippen molar-refractivity contribution in [3.63, 3.8) is 0 Å². The Balaban J connectivity index is 1.38. The number of anilines is 1. The second-order valence-electron chi connectivity index (χ2n) is 8.64. The van der Waals surface area contributed by atoms with Crippen LogP contribution in [0.5, 0.6) is 0 Å². The molecule has 6 nitrogen and oxygen atoms in total. The molecule has 0 unspecified atom stereocenters. The fourth-order valence-electron chi connectivity index (χ4n) is 4.61.